The molecule has 1 aliphatic heterocycles. The molecule has 0 amide bonds. The first kappa shape index (κ1) is 14.2. The molecule has 0 saturated carbocycles. The Labute approximate surface area is 128 Å². The molecular formula is C18H16O4. The maximum Gasteiger partial charge on any atom is 0.321 e. The molecule has 1 aliphatic rings. The summed E-state index contributed by atoms with van der Waals surface area (Å²) >= 11 is 0. The molecule has 0 aromatic heterocycles. The van der Waals surface area contributed by atoms with Crippen LogP contribution in [-0.2, 0) is 22.4 Å². The average molecular weight is 296 g/mol. The van der Waals surface area contributed by atoms with Crippen LogP contribution in [0.2, 0.25) is 0 Å². The molecule has 0 saturated heterocycles. The van der Waals surface area contributed by atoms with Gasteiger partial charge in [0.2, 0.25) is 0 Å². The van der Waals surface area contributed by atoms with Crippen molar-refractivity contribution in [1.29, 1.82) is 0 Å². The van der Waals surface area contributed by atoms with Gasteiger partial charge in [0, 0.05) is 0 Å². The van der Waals surface area contributed by atoms with Crippen molar-refractivity contribution in [3.8, 4) is 11.5 Å². The minimum atomic E-state index is -0.818. The quantitative estimate of drug-likeness (QED) is 0.851. The number of carbonyl (C=O) groups excluding carboxylic acids is 1. The predicted molar refractivity (Wildman–Crippen MR) is 81.3 cm³/mol. The Balaban J connectivity index is 1.92. The average Bonchev–Trinajstić information content (AvgIpc) is 2.80. The topological polar surface area (TPSA) is 66.8 Å². The van der Waals surface area contributed by atoms with E-state index in [-0.39, 0.29) is 17.5 Å². The number of cyclic esters (lactones) is 1. The van der Waals surface area contributed by atoms with Crippen LogP contribution < -0.4 is 0 Å². The van der Waals surface area contributed by atoms with Crippen LogP contribution in [-0.4, -0.2) is 16.2 Å². The third kappa shape index (κ3) is 2.81. The lowest BCUT2D eigenvalue weighted by molar-refractivity contribution is -0.144. The van der Waals surface area contributed by atoms with Gasteiger partial charge in [-0.3, -0.25) is 4.79 Å². The van der Waals surface area contributed by atoms with E-state index in [0.717, 1.165) is 11.1 Å². The third-order valence-corrected chi connectivity index (χ3v) is 3.83. The van der Waals surface area contributed by atoms with Crippen molar-refractivity contribution < 1.29 is 19.7 Å². The number of aromatic hydroxyl groups is 2. The molecule has 2 aromatic rings. The van der Waals surface area contributed by atoms with Crippen LogP contribution in [0, 0.1) is 5.41 Å². The summed E-state index contributed by atoms with van der Waals surface area (Å²) in [6.07, 6.45) is 4.01. The third-order valence-electron chi connectivity index (χ3n) is 3.83. The first-order valence-electron chi connectivity index (χ1n) is 7.02. The Hall–Kier alpha value is -2.75. The molecule has 0 spiro atoms. The summed E-state index contributed by atoms with van der Waals surface area (Å²) in [5.74, 6) is 0.0138. The summed E-state index contributed by atoms with van der Waals surface area (Å²) in [4.78, 5) is 12.3. The van der Waals surface area contributed by atoms with Crippen molar-refractivity contribution in [2.75, 3.05) is 0 Å². The van der Waals surface area contributed by atoms with E-state index in [1.165, 1.54) is 6.26 Å². The number of benzene rings is 2. The van der Waals surface area contributed by atoms with Crippen LogP contribution in [0.15, 0.2) is 60.9 Å². The fourth-order valence-corrected chi connectivity index (χ4v) is 2.80. The Morgan fingerprint density at radius 3 is 1.86 bits per heavy atom. The first-order chi connectivity index (χ1) is 10.6. The monoisotopic (exact) mass is 296 g/mol. The first-order valence-corrected chi connectivity index (χ1v) is 7.02. The summed E-state index contributed by atoms with van der Waals surface area (Å²) < 4.78 is 5.03. The van der Waals surface area contributed by atoms with Gasteiger partial charge in [-0.25, -0.2) is 0 Å². The second kappa shape index (κ2) is 5.56. The van der Waals surface area contributed by atoms with Crippen molar-refractivity contribution in [3.63, 3.8) is 0 Å². The normalized spacial score (nSPS) is 15.7. The highest BCUT2D eigenvalue weighted by molar-refractivity contribution is 5.82. The summed E-state index contributed by atoms with van der Waals surface area (Å²) in [6, 6.07) is 13.7. The molecule has 1 heterocycles. The summed E-state index contributed by atoms with van der Waals surface area (Å²) in [7, 11) is 0. The molecule has 0 unspecified atom stereocenters. The fourth-order valence-electron chi connectivity index (χ4n) is 2.80. The zero-order valence-electron chi connectivity index (χ0n) is 11.9. The lowest BCUT2D eigenvalue weighted by Crippen LogP contribution is -2.31. The molecule has 0 radical (unpaired) electrons. The number of carbonyl (C=O) groups is 1. The SMILES string of the molecule is O=C1OC=CC1(Cc1cccc(O)c1)Cc1cccc(O)c1. The van der Waals surface area contributed by atoms with Crippen LogP contribution in [0.25, 0.3) is 0 Å². The number of phenols is 2. The Bertz CT molecular complexity index is 686. The Kier molecular flexibility index (Phi) is 3.59. The molecule has 22 heavy (non-hydrogen) atoms. The summed E-state index contributed by atoms with van der Waals surface area (Å²) in [6.45, 7) is 0. The maximum absolute atomic E-state index is 12.3. The maximum atomic E-state index is 12.3. The molecule has 2 N–H and O–H groups in total. The smallest absolute Gasteiger partial charge is 0.321 e. The van der Waals surface area contributed by atoms with E-state index in [0.29, 0.717) is 12.8 Å². The molecule has 0 atom stereocenters. The van der Waals surface area contributed by atoms with Gasteiger partial charge in [-0.1, -0.05) is 24.3 Å². The van der Waals surface area contributed by atoms with Crippen LogP contribution in [0.3, 0.4) is 0 Å². The van der Waals surface area contributed by atoms with Crippen LogP contribution in [0.4, 0.5) is 0 Å². The second-order valence-electron chi connectivity index (χ2n) is 5.56. The van der Waals surface area contributed by atoms with Crippen molar-refractivity contribution in [3.05, 3.63) is 72.0 Å². The minimum absolute atomic E-state index is 0.167. The second-order valence-corrected chi connectivity index (χ2v) is 5.56. The highest BCUT2D eigenvalue weighted by Gasteiger charge is 2.41. The molecule has 4 heteroatoms. The largest absolute Gasteiger partial charge is 0.508 e. The van der Waals surface area contributed by atoms with Gasteiger partial charge in [0.25, 0.3) is 0 Å². The number of esters is 1. The number of phenolic OH excluding ortho intramolecular Hbond substituents is 2. The van der Waals surface area contributed by atoms with Gasteiger partial charge in [0.15, 0.2) is 0 Å². The molecule has 0 fully saturated rings. The number of hydrogen-bond donors (Lipinski definition) is 2. The number of hydrogen-bond acceptors (Lipinski definition) is 4. The molecule has 4 nitrogen and oxygen atoms in total. The van der Waals surface area contributed by atoms with Gasteiger partial charge < -0.3 is 14.9 Å². The lowest BCUT2D eigenvalue weighted by Gasteiger charge is -2.24. The van der Waals surface area contributed by atoms with E-state index in [2.05, 4.69) is 0 Å². The van der Waals surface area contributed by atoms with Gasteiger partial charge in [-0.15, -0.1) is 0 Å². The number of ether oxygens (including phenoxy) is 1. The van der Waals surface area contributed by atoms with Crippen molar-refractivity contribution in [1.82, 2.24) is 0 Å². The molecule has 0 aliphatic carbocycles. The molecule has 112 valence electrons. The van der Waals surface area contributed by atoms with Gasteiger partial charge in [0.1, 0.15) is 11.5 Å². The molecule has 2 aromatic carbocycles. The van der Waals surface area contributed by atoms with E-state index < -0.39 is 5.41 Å². The van der Waals surface area contributed by atoms with Gasteiger partial charge in [-0.05, 0) is 54.3 Å². The zero-order chi connectivity index (χ0) is 15.6. The lowest BCUT2D eigenvalue weighted by atomic mass is 9.77. The van der Waals surface area contributed by atoms with Gasteiger partial charge in [-0.2, -0.15) is 0 Å². The molecule has 3 rings (SSSR count). The van der Waals surface area contributed by atoms with E-state index in [4.69, 9.17) is 4.74 Å². The van der Waals surface area contributed by atoms with Crippen molar-refractivity contribution in [2.45, 2.75) is 12.8 Å². The molecule has 0 bridgehead atoms. The van der Waals surface area contributed by atoms with Crippen LogP contribution >= 0.6 is 0 Å². The highest BCUT2D eigenvalue weighted by atomic mass is 16.5. The van der Waals surface area contributed by atoms with Gasteiger partial charge in [0.05, 0.1) is 11.7 Å². The van der Waals surface area contributed by atoms with E-state index in [9.17, 15) is 15.0 Å². The fraction of sp³-hybridized carbons (Fsp3) is 0.167. The number of rotatable bonds is 4. The Morgan fingerprint density at radius 2 is 1.45 bits per heavy atom. The standard InChI is InChI=1S/C18H16O4/c19-15-5-1-3-13(9-15)11-18(7-8-22-17(18)21)12-14-4-2-6-16(20)10-14/h1-10,19-20H,11-12H2. The highest BCUT2D eigenvalue weighted by Crippen LogP contribution is 2.36. The minimum Gasteiger partial charge on any atom is -0.508 e. The zero-order valence-corrected chi connectivity index (χ0v) is 11.9. The van der Waals surface area contributed by atoms with E-state index in [1.54, 1.807) is 42.5 Å². The van der Waals surface area contributed by atoms with Crippen molar-refractivity contribution >= 4 is 5.97 Å². The van der Waals surface area contributed by atoms with Gasteiger partial charge >= 0.3 is 5.97 Å². The predicted octanol–water partition coefficient (Wildman–Crippen LogP) is 2.94. The van der Waals surface area contributed by atoms with E-state index in [1.807, 2.05) is 12.1 Å². The van der Waals surface area contributed by atoms with E-state index >= 15 is 0 Å². The van der Waals surface area contributed by atoms with Crippen LogP contribution in [0.1, 0.15) is 11.1 Å². The van der Waals surface area contributed by atoms with Crippen LogP contribution in [0.5, 0.6) is 11.5 Å². The summed E-state index contributed by atoms with van der Waals surface area (Å²) in [5.41, 5.74) is 0.883. The Morgan fingerprint density at radius 1 is 0.909 bits per heavy atom. The van der Waals surface area contributed by atoms with Crippen molar-refractivity contribution in [2.24, 2.45) is 5.41 Å². The molecular weight excluding hydrogens is 280 g/mol. The summed E-state index contributed by atoms with van der Waals surface area (Å²) in [5, 5.41) is 19.2.